The predicted octanol–water partition coefficient (Wildman–Crippen LogP) is 2.77. The second-order valence-electron chi connectivity index (χ2n) is 6.05. The molecule has 0 bridgehead atoms. The fourth-order valence-corrected chi connectivity index (χ4v) is 4.09. The molecule has 0 aliphatic carbocycles. The Balaban J connectivity index is 2.05. The molecule has 6 nitrogen and oxygen atoms in total. The van der Waals surface area contributed by atoms with E-state index in [2.05, 4.69) is 10.1 Å². The number of hydrogen-bond acceptors (Lipinski definition) is 4. The summed E-state index contributed by atoms with van der Waals surface area (Å²) in [6, 6.07) is 5.64. The lowest BCUT2D eigenvalue weighted by Crippen LogP contribution is -2.35. The van der Waals surface area contributed by atoms with Crippen LogP contribution in [0.4, 0.5) is 18.9 Å². The highest BCUT2D eigenvalue weighted by atomic mass is 32.2. The van der Waals surface area contributed by atoms with Crippen molar-refractivity contribution in [2.24, 2.45) is 0 Å². The first-order valence-corrected chi connectivity index (χ1v) is 9.63. The van der Waals surface area contributed by atoms with Gasteiger partial charge in [0.2, 0.25) is 10.0 Å². The Hall–Kier alpha value is -1.65. The lowest BCUT2D eigenvalue weighted by atomic mass is 10.2. The van der Waals surface area contributed by atoms with Gasteiger partial charge in [-0.25, -0.2) is 8.42 Å². The van der Waals surface area contributed by atoms with E-state index in [1.807, 2.05) is 0 Å². The number of rotatable bonds is 6. The second-order valence-corrected chi connectivity index (χ2v) is 7.99. The third-order valence-electron chi connectivity index (χ3n) is 3.92. The van der Waals surface area contributed by atoms with Crippen molar-refractivity contribution in [2.45, 2.75) is 43.4 Å². The Labute approximate surface area is 150 Å². The van der Waals surface area contributed by atoms with Crippen molar-refractivity contribution in [3.8, 4) is 0 Å². The summed E-state index contributed by atoms with van der Waals surface area (Å²) in [6.45, 7) is 0.544. The summed E-state index contributed by atoms with van der Waals surface area (Å²) >= 11 is 0. The molecule has 1 atom stereocenters. The second kappa shape index (κ2) is 8.36. The highest BCUT2D eigenvalue weighted by Gasteiger charge is 2.30. The molecule has 1 fully saturated rings. The number of anilines is 1. The van der Waals surface area contributed by atoms with Crippen LogP contribution in [0, 0.1) is 0 Å². The van der Waals surface area contributed by atoms with Crippen LogP contribution in [0.5, 0.6) is 0 Å². The van der Waals surface area contributed by atoms with Crippen LogP contribution in [0.25, 0.3) is 0 Å². The molecule has 26 heavy (non-hydrogen) atoms. The molecule has 0 spiro atoms. The van der Waals surface area contributed by atoms with Crippen LogP contribution >= 0.6 is 0 Å². The number of halogens is 3. The summed E-state index contributed by atoms with van der Waals surface area (Å²) < 4.78 is 67.6. The van der Waals surface area contributed by atoms with Gasteiger partial charge in [0.15, 0.2) is 0 Å². The number of piperidine rings is 1. The van der Waals surface area contributed by atoms with E-state index in [0.717, 1.165) is 19.3 Å². The first-order valence-electron chi connectivity index (χ1n) is 8.19. The van der Waals surface area contributed by atoms with Gasteiger partial charge in [-0.05, 0) is 38.0 Å². The smallest absolute Gasteiger partial charge is 0.359 e. The molecule has 0 radical (unpaired) electrons. The van der Waals surface area contributed by atoms with Gasteiger partial charge < -0.3 is 10.1 Å². The Kier molecular flexibility index (Phi) is 6.64. The predicted molar refractivity (Wildman–Crippen MR) is 89.2 cm³/mol. The lowest BCUT2D eigenvalue weighted by Gasteiger charge is -2.26. The number of sulfonamides is 1. The van der Waals surface area contributed by atoms with E-state index in [1.165, 1.54) is 35.5 Å². The van der Waals surface area contributed by atoms with E-state index >= 15 is 0 Å². The molecule has 1 aliphatic heterocycles. The van der Waals surface area contributed by atoms with Gasteiger partial charge in [0.05, 0.1) is 4.90 Å². The van der Waals surface area contributed by atoms with Crippen LogP contribution in [0.2, 0.25) is 0 Å². The number of carbonyl (C=O) groups excluding carboxylic acids is 1. The Morgan fingerprint density at radius 1 is 1.27 bits per heavy atom. The van der Waals surface area contributed by atoms with Gasteiger partial charge in [0.1, 0.15) is 12.7 Å². The minimum atomic E-state index is -4.53. The molecule has 1 saturated heterocycles. The number of ether oxygens (including phenoxy) is 1. The molecule has 1 amide bonds. The monoisotopic (exact) mass is 394 g/mol. The summed E-state index contributed by atoms with van der Waals surface area (Å²) in [7, 11) is -3.67. The Bertz CT molecular complexity index is 731. The quantitative estimate of drug-likeness (QED) is 0.805. The lowest BCUT2D eigenvalue weighted by molar-refractivity contribution is -0.184. The number of nitrogens with one attached hydrogen (secondary N) is 1. The maximum absolute atomic E-state index is 12.6. The van der Waals surface area contributed by atoms with Gasteiger partial charge in [-0.15, -0.1) is 0 Å². The minimum absolute atomic E-state index is 0.0288. The van der Waals surface area contributed by atoms with E-state index in [0.29, 0.717) is 13.1 Å². The van der Waals surface area contributed by atoms with Crippen molar-refractivity contribution in [1.82, 2.24) is 4.31 Å². The molecule has 10 heteroatoms. The molecule has 2 rings (SSSR count). The molecule has 1 aromatic rings. The highest BCUT2D eigenvalue weighted by molar-refractivity contribution is 7.89. The van der Waals surface area contributed by atoms with Crippen molar-refractivity contribution in [3.63, 3.8) is 0 Å². The van der Waals surface area contributed by atoms with E-state index < -0.39 is 34.8 Å². The minimum Gasteiger partial charge on any atom is -0.359 e. The van der Waals surface area contributed by atoms with Crippen molar-refractivity contribution in [1.29, 1.82) is 0 Å². The standard InChI is InChI=1S/C16H21F3N2O4S/c1-12(25-11-16(17,18)19)15(22)20-13-6-5-7-14(10-13)26(23,24)21-8-3-2-4-9-21/h5-7,10,12H,2-4,8-9,11H2,1H3,(H,20,22). The zero-order valence-electron chi connectivity index (χ0n) is 14.3. The first kappa shape index (κ1) is 20.7. The maximum atomic E-state index is 12.6. The number of carbonyl (C=O) groups is 1. The molecule has 1 aromatic carbocycles. The van der Waals surface area contributed by atoms with Crippen LogP contribution in [0.1, 0.15) is 26.2 Å². The summed E-state index contributed by atoms with van der Waals surface area (Å²) in [5.74, 6) is -0.790. The third-order valence-corrected chi connectivity index (χ3v) is 5.82. The molecular formula is C16H21F3N2O4S. The van der Waals surface area contributed by atoms with Gasteiger partial charge in [0, 0.05) is 18.8 Å². The molecule has 1 aliphatic rings. The Morgan fingerprint density at radius 3 is 2.54 bits per heavy atom. The van der Waals surface area contributed by atoms with E-state index in [4.69, 9.17) is 0 Å². The van der Waals surface area contributed by atoms with Crippen molar-refractivity contribution >= 4 is 21.6 Å². The number of alkyl halides is 3. The molecule has 0 aromatic heterocycles. The number of nitrogens with zero attached hydrogens (tertiary/aromatic N) is 1. The number of benzene rings is 1. The molecule has 1 heterocycles. The van der Waals surface area contributed by atoms with Crippen LogP contribution in [-0.2, 0) is 19.6 Å². The summed E-state index contributed by atoms with van der Waals surface area (Å²) in [5, 5.41) is 2.38. The molecule has 1 unspecified atom stereocenters. The fraction of sp³-hybridized carbons (Fsp3) is 0.562. The summed E-state index contributed by atoms with van der Waals surface area (Å²) in [6.07, 6.45) is -3.29. The third kappa shape index (κ3) is 5.68. The molecule has 0 saturated carbocycles. The molecular weight excluding hydrogens is 373 g/mol. The summed E-state index contributed by atoms with van der Waals surface area (Å²) in [5.41, 5.74) is 0.176. The van der Waals surface area contributed by atoms with Gasteiger partial charge in [0.25, 0.3) is 5.91 Å². The SMILES string of the molecule is CC(OCC(F)(F)F)C(=O)Nc1cccc(S(=O)(=O)N2CCCCC2)c1. The maximum Gasteiger partial charge on any atom is 0.411 e. The van der Waals surface area contributed by atoms with Crippen molar-refractivity contribution < 1.29 is 31.1 Å². The molecule has 146 valence electrons. The zero-order chi connectivity index (χ0) is 19.4. The van der Waals surface area contributed by atoms with E-state index in [-0.39, 0.29) is 10.6 Å². The zero-order valence-corrected chi connectivity index (χ0v) is 15.1. The van der Waals surface area contributed by atoms with Crippen LogP contribution in [-0.4, -0.2) is 50.6 Å². The van der Waals surface area contributed by atoms with Crippen molar-refractivity contribution in [2.75, 3.05) is 25.0 Å². The van der Waals surface area contributed by atoms with Crippen LogP contribution in [0.15, 0.2) is 29.2 Å². The first-order chi connectivity index (χ1) is 12.1. The normalized spacial score (nSPS) is 17.7. The van der Waals surface area contributed by atoms with Gasteiger partial charge in [-0.2, -0.15) is 17.5 Å². The topological polar surface area (TPSA) is 75.7 Å². The number of amides is 1. The van der Waals surface area contributed by atoms with Crippen LogP contribution < -0.4 is 5.32 Å². The van der Waals surface area contributed by atoms with Crippen LogP contribution in [0.3, 0.4) is 0 Å². The molecule has 1 N–H and O–H groups in total. The van der Waals surface area contributed by atoms with Crippen molar-refractivity contribution in [3.05, 3.63) is 24.3 Å². The number of hydrogen-bond donors (Lipinski definition) is 1. The summed E-state index contributed by atoms with van der Waals surface area (Å²) in [4.78, 5) is 12.0. The highest BCUT2D eigenvalue weighted by Crippen LogP contribution is 2.23. The van der Waals surface area contributed by atoms with Gasteiger partial charge in [-0.3, -0.25) is 4.79 Å². The Morgan fingerprint density at radius 2 is 1.92 bits per heavy atom. The van der Waals surface area contributed by atoms with E-state index in [1.54, 1.807) is 0 Å². The van der Waals surface area contributed by atoms with E-state index in [9.17, 15) is 26.4 Å². The average Bonchev–Trinajstić information content (AvgIpc) is 2.60. The largest absolute Gasteiger partial charge is 0.411 e. The van der Waals surface area contributed by atoms with Gasteiger partial charge >= 0.3 is 6.18 Å². The average molecular weight is 394 g/mol. The fourth-order valence-electron chi connectivity index (χ4n) is 2.53. The van der Waals surface area contributed by atoms with Gasteiger partial charge in [-0.1, -0.05) is 12.5 Å².